The molecule has 3 heteroatoms. The second kappa shape index (κ2) is 5.52. The minimum Gasteiger partial charge on any atom is -0.508 e. The molecule has 0 heterocycles. The quantitative estimate of drug-likeness (QED) is 0.752. The zero-order valence-corrected chi connectivity index (χ0v) is 10.4. The van der Waals surface area contributed by atoms with E-state index in [2.05, 4.69) is 12.2 Å². The van der Waals surface area contributed by atoms with Crippen LogP contribution in [0.25, 0.3) is 0 Å². The fourth-order valence-electron chi connectivity index (χ4n) is 2.50. The lowest BCUT2D eigenvalue weighted by Gasteiger charge is -2.29. The largest absolute Gasteiger partial charge is 0.508 e. The molecule has 4 N–H and O–H groups in total. The van der Waals surface area contributed by atoms with Gasteiger partial charge in [-0.3, -0.25) is 0 Å². The van der Waals surface area contributed by atoms with Crippen LogP contribution in [-0.2, 0) is 0 Å². The molecule has 1 atom stereocenters. The van der Waals surface area contributed by atoms with Crippen LogP contribution in [-0.4, -0.2) is 17.2 Å². The van der Waals surface area contributed by atoms with Crippen LogP contribution in [0, 0.1) is 0 Å². The third kappa shape index (κ3) is 3.45. The van der Waals surface area contributed by atoms with Crippen LogP contribution < -0.4 is 11.1 Å². The fourth-order valence-corrected chi connectivity index (χ4v) is 2.50. The van der Waals surface area contributed by atoms with Crippen LogP contribution >= 0.6 is 0 Å². The number of benzene rings is 1. The minimum absolute atomic E-state index is 0.324. The average Bonchev–Trinajstić information content (AvgIpc) is 2.33. The van der Waals surface area contributed by atoms with Crippen LogP contribution in [0.1, 0.15) is 44.2 Å². The highest BCUT2D eigenvalue weighted by Crippen LogP contribution is 2.22. The third-order valence-corrected chi connectivity index (χ3v) is 3.65. The first-order chi connectivity index (χ1) is 8.15. The molecule has 0 spiro atoms. The summed E-state index contributed by atoms with van der Waals surface area (Å²) >= 11 is 0. The van der Waals surface area contributed by atoms with Crippen molar-refractivity contribution in [2.45, 2.75) is 50.7 Å². The second-order valence-corrected chi connectivity index (χ2v) is 5.09. The van der Waals surface area contributed by atoms with Gasteiger partial charge in [-0.25, -0.2) is 0 Å². The number of phenolic OH excluding ortho intramolecular Hbond substituents is 1. The van der Waals surface area contributed by atoms with E-state index in [0.29, 0.717) is 23.9 Å². The van der Waals surface area contributed by atoms with Gasteiger partial charge < -0.3 is 16.2 Å². The highest BCUT2D eigenvalue weighted by atomic mass is 16.3. The molecule has 1 unspecified atom stereocenters. The van der Waals surface area contributed by atoms with Gasteiger partial charge in [0.05, 0.1) is 0 Å². The van der Waals surface area contributed by atoms with Gasteiger partial charge in [0.1, 0.15) is 5.75 Å². The van der Waals surface area contributed by atoms with E-state index >= 15 is 0 Å². The van der Waals surface area contributed by atoms with Gasteiger partial charge in [-0.05, 0) is 50.3 Å². The van der Waals surface area contributed by atoms with Crippen molar-refractivity contribution >= 4 is 0 Å². The molecule has 1 aromatic rings. The van der Waals surface area contributed by atoms with Gasteiger partial charge in [0.2, 0.25) is 0 Å². The number of phenols is 1. The van der Waals surface area contributed by atoms with E-state index < -0.39 is 0 Å². The second-order valence-electron chi connectivity index (χ2n) is 5.09. The summed E-state index contributed by atoms with van der Waals surface area (Å²) in [5.41, 5.74) is 7.12. The zero-order chi connectivity index (χ0) is 12.3. The smallest absolute Gasteiger partial charge is 0.115 e. The lowest BCUT2D eigenvalue weighted by molar-refractivity contribution is 0.322. The number of aromatic hydroxyl groups is 1. The summed E-state index contributed by atoms with van der Waals surface area (Å²) in [7, 11) is 0. The maximum atomic E-state index is 9.25. The van der Waals surface area contributed by atoms with Gasteiger partial charge >= 0.3 is 0 Å². The number of hydrogen-bond acceptors (Lipinski definition) is 3. The van der Waals surface area contributed by atoms with E-state index in [4.69, 9.17) is 5.73 Å². The van der Waals surface area contributed by atoms with E-state index in [1.165, 1.54) is 18.4 Å². The molecule has 0 aliphatic heterocycles. The van der Waals surface area contributed by atoms with Crippen LogP contribution in [0.15, 0.2) is 24.3 Å². The fraction of sp³-hybridized carbons (Fsp3) is 0.571. The van der Waals surface area contributed by atoms with Crippen LogP contribution in [0.3, 0.4) is 0 Å². The summed E-state index contributed by atoms with van der Waals surface area (Å²) in [5.74, 6) is 0.324. The third-order valence-electron chi connectivity index (χ3n) is 3.65. The predicted molar refractivity (Wildman–Crippen MR) is 69.9 cm³/mol. The Morgan fingerprint density at radius 3 is 2.35 bits per heavy atom. The Morgan fingerprint density at radius 1 is 1.18 bits per heavy atom. The summed E-state index contributed by atoms with van der Waals surface area (Å²) in [5, 5.41) is 12.9. The molecule has 1 saturated carbocycles. The van der Waals surface area contributed by atoms with Crippen LogP contribution in [0.2, 0.25) is 0 Å². The van der Waals surface area contributed by atoms with Crippen molar-refractivity contribution in [2.75, 3.05) is 0 Å². The summed E-state index contributed by atoms with van der Waals surface area (Å²) in [6.07, 6.45) is 4.59. The molecule has 1 aliphatic rings. The molecule has 0 bridgehead atoms. The SMILES string of the molecule is CC(NC1CCC(N)CC1)c1ccc(O)cc1. The standard InChI is InChI=1S/C14H22N2O/c1-10(11-2-8-14(17)9-3-11)16-13-6-4-12(15)5-7-13/h2-3,8-10,12-13,16-17H,4-7,15H2,1H3. The molecule has 1 aliphatic carbocycles. The average molecular weight is 234 g/mol. The number of rotatable bonds is 3. The molecule has 94 valence electrons. The first-order valence-electron chi connectivity index (χ1n) is 6.45. The summed E-state index contributed by atoms with van der Waals surface area (Å²) in [6, 6.07) is 8.74. The maximum absolute atomic E-state index is 9.25. The molecule has 0 aromatic heterocycles. The molecule has 0 amide bonds. The molecular formula is C14H22N2O. The normalized spacial score (nSPS) is 26.7. The zero-order valence-electron chi connectivity index (χ0n) is 10.4. The highest BCUT2D eigenvalue weighted by Gasteiger charge is 2.20. The van der Waals surface area contributed by atoms with Crippen molar-refractivity contribution in [2.24, 2.45) is 5.73 Å². The number of hydrogen-bond donors (Lipinski definition) is 3. The molecule has 2 rings (SSSR count). The lowest BCUT2D eigenvalue weighted by atomic mass is 9.91. The van der Waals surface area contributed by atoms with Crippen LogP contribution in [0.5, 0.6) is 5.75 Å². The number of nitrogens with one attached hydrogen (secondary N) is 1. The molecule has 3 nitrogen and oxygen atoms in total. The molecular weight excluding hydrogens is 212 g/mol. The van der Waals surface area contributed by atoms with Gasteiger partial charge in [-0.1, -0.05) is 12.1 Å². The molecule has 0 saturated heterocycles. The van der Waals surface area contributed by atoms with Crippen molar-refractivity contribution in [3.63, 3.8) is 0 Å². The topological polar surface area (TPSA) is 58.3 Å². The van der Waals surface area contributed by atoms with Gasteiger partial charge in [-0.2, -0.15) is 0 Å². The molecule has 17 heavy (non-hydrogen) atoms. The van der Waals surface area contributed by atoms with Crippen molar-refractivity contribution in [1.82, 2.24) is 5.32 Å². The molecule has 1 aromatic carbocycles. The maximum Gasteiger partial charge on any atom is 0.115 e. The summed E-state index contributed by atoms with van der Waals surface area (Å²) in [4.78, 5) is 0. The highest BCUT2D eigenvalue weighted by molar-refractivity contribution is 5.27. The first kappa shape index (κ1) is 12.4. The monoisotopic (exact) mass is 234 g/mol. The Labute approximate surface area is 103 Å². The first-order valence-corrected chi connectivity index (χ1v) is 6.45. The van der Waals surface area contributed by atoms with E-state index in [-0.39, 0.29) is 0 Å². The van der Waals surface area contributed by atoms with Gasteiger partial charge in [0.25, 0.3) is 0 Å². The molecule has 1 fully saturated rings. The Morgan fingerprint density at radius 2 is 1.76 bits per heavy atom. The Balaban J connectivity index is 1.88. The van der Waals surface area contributed by atoms with Gasteiger partial charge in [-0.15, -0.1) is 0 Å². The van der Waals surface area contributed by atoms with E-state index in [0.717, 1.165) is 12.8 Å². The van der Waals surface area contributed by atoms with Crippen molar-refractivity contribution in [1.29, 1.82) is 0 Å². The van der Waals surface area contributed by atoms with Crippen molar-refractivity contribution in [3.8, 4) is 5.75 Å². The van der Waals surface area contributed by atoms with Gasteiger partial charge in [0.15, 0.2) is 0 Å². The minimum atomic E-state index is 0.324. The van der Waals surface area contributed by atoms with E-state index in [9.17, 15) is 5.11 Å². The summed E-state index contributed by atoms with van der Waals surface area (Å²) < 4.78 is 0. The Kier molecular flexibility index (Phi) is 4.02. The van der Waals surface area contributed by atoms with Crippen LogP contribution in [0.4, 0.5) is 0 Å². The summed E-state index contributed by atoms with van der Waals surface area (Å²) in [6.45, 7) is 2.17. The Hall–Kier alpha value is -1.06. The Bertz CT molecular complexity index is 342. The van der Waals surface area contributed by atoms with Crippen molar-refractivity contribution in [3.05, 3.63) is 29.8 Å². The lowest BCUT2D eigenvalue weighted by Crippen LogP contribution is -2.38. The van der Waals surface area contributed by atoms with Crippen molar-refractivity contribution < 1.29 is 5.11 Å². The van der Waals surface area contributed by atoms with Gasteiger partial charge in [0, 0.05) is 18.1 Å². The molecule has 0 radical (unpaired) electrons. The van der Waals surface area contributed by atoms with E-state index in [1.807, 2.05) is 12.1 Å². The predicted octanol–water partition coefficient (Wildman–Crippen LogP) is 2.31. The number of nitrogens with two attached hydrogens (primary N) is 1. The van der Waals surface area contributed by atoms with E-state index in [1.54, 1.807) is 12.1 Å².